The summed E-state index contributed by atoms with van der Waals surface area (Å²) in [5.41, 5.74) is 0.104. The lowest BCUT2D eigenvalue weighted by Gasteiger charge is -2.18. The van der Waals surface area contributed by atoms with Gasteiger partial charge in [-0.3, -0.25) is 0 Å². The van der Waals surface area contributed by atoms with Crippen molar-refractivity contribution < 1.29 is 23.1 Å². The lowest BCUT2D eigenvalue weighted by atomic mass is 10.0. The van der Waals surface area contributed by atoms with E-state index in [0.29, 0.717) is 24.2 Å². The van der Waals surface area contributed by atoms with Crippen LogP contribution in [0.2, 0.25) is 0 Å². The van der Waals surface area contributed by atoms with Gasteiger partial charge in [-0.25, -0.2) is 18.3 Å². The average Bonchev–Trinajstić information content (AvgIpc) is 3.10. The first-order valence-electron chi connectivity index (χ1n) is 8.14. The molecule has 1 aromatic heterocycles. The number of aromatic amines is 1. The summed E-state index contributed by atoms with van der Waals surface area (Å²) in [5.74, 6) is 1.57. The van der Waals surface area contributed by atoms with E-state index < -0.39 is 21.1 Å². The molecule has 3 rings (SSSR count). The molecule has 1 saturated carbocycles. The second-order valence-electron chi connectivity index (χ2n) is 5.96. The normalized spacial score (nSPS) is 15.1. The molecule has 0 unspecified atom stereocenters. The fourth-order valence-electron chi connectivity index (χ4n) is 2.77. The maximum atomic E-state index is 12.3. The van der Waals surface area contributed by atoms with Gasteiger partial charge in [0.2, 0.25) is 15.5 Å². The molecular formula is C17H17N3O5S. The summed E-state index contributed by atoms with van der Waals surface area (Å²) in [6.45, 7) is 0. The monoisotopic (exact) mass is 375 g/mol. The number of sulfone groups is 1. The molecule has 9 heteroatoms. The van der Waals surface area contributed by atoms with Crippen molar-refractivity contribution in [3.05, 3.63) is 35.5 Å². The second-order valence-corrected chi connectivity index (χ2v) is 7.92. The second kappa shape index (κ2) is 7.58. The van der Waals surface area contributed by atoms with E-state index in [-0.39, 0.29) is 11.6 Å². The van der Waals surface area contributed by atoms with Crippen LogP contribution in [0.25, 0.3) is 0 Å². The fourth-order valence-corrected chi connectivity index (χ4v) is 4.15. The van der Waals surface area contributed by atoms with E-state index in [1.165, 1.54) is 6.07 Å². The zero-order valence-corrected chi connectivity index (χ0v) is 14.6. The van der Waals surface area contributed by atoms with E-state index in [1.54, 1.807) is 18.2 Å². The molecule has 26 heavy (non-hydrogen) atoms. The Hall–Kier alpha value is -2.86. The van der Waals surface area contributed by atoms with Gasteiger partial charge in [-0.1, -0.05) is 30.5 Å². The van der Waals surface area contributed by atoms with E-state index in [2.05, 4.69) is 26.6 Å². The third kappa shape index (κ3) is 4.21. The Labute approximate surface area is 150 Å². The fraction of sp³-hybridized carbons (Fsp3) is 0.353. The number of benzene rings is 1. The van der Waals surface area contributed by atoms with Gasteiger partial charge in [0.25, 0.3) is 5.88 Å². The van der Waals surface area contributed by atoms with Gasteiger partial charge in [-0.2, -0.15) is 0 Å². The Morgan fingerprint density at radius 3 is 2.77 bits per heavy atom. The highest BCUT2D eigenvalue weighted by atomic mass is 32.2. The van der Waals surface area contributed by atoms with Crippen molar-refractivity contribution in [3.8, 4) is 22.8 Å². The van der Waals surface area contributed by atoms with Crippen LogP contribution in [0.4, 0.5) is 0 Å². The molecule has 1 heterocycles. The Morgan fingerprint density at radius 1 is 1.27 bits per heavy atom. The number of carboxylic acids is 1. The molecule has 0 radical (unpaired) electrons. The molecule has 1 aromatic carbocycles. The van der Waals surface area contributed by atoms with Gasteiger partial charge >= 0.3 is 5.97 Å². The predicted octanol–water partition coefficient (Wildman–Crippen LogP) is 2.35. The lowest BCUT2D eigenvalue weighted by Crippen LogP contribution is -2.22. The minimum absolute atomic E-state index is 0.113. The maximum absolute atomic E-state index is 12.3. The molecule has 0 saturated heterocycles. The lowest BCUT2D eigenvalue weighted by molar-refractivity contribution is 0.0687. The first kappa shape index (κ1) is 17.9. The molecule has 0 aliphatic heterocycles. The van der Waals surface area contributed by atoms with Crippen LogP contribution in [0.5, 0.6) is 11.6 Å². The van der Waals surface area contributed by atoms with Gasteiger partial charge in [0, 0.05) is 10.8 Å². The Morgan fingerprint density at radius 2 is 2.04 bits per heavy atom. The van der Waals surface area contributed by atoms with E-state index in [9.17, 15) is 13.2 Å². The summed E-state index contributed by atoms with van der Waals surface area (Å²) in [6, 6.07) is 6.40. The molecule has 0 atom stereocenters. The minimum Gasteiger partial charge on any atom is -0.476 e. The van der Waals surface area contributed by atoms with Gasteiger partial charge in [0.05, 0.1) is 5.25 Å². The highest BCUT2D eigenvalue weighted by Crippen LogP contribution is 2.24. The summed E-state index contributed by atoms with van der Waals surface area (Å²) in [5, 5.41) is 20.2. The Balaban J connectivity index is 1.78. The molecule has 1 fully saturated rings. The van der Waals surface area contributed by atoms with Gasteiger partial charge in [0.1, 0.15) is 5.75 Å². The van der Waals surface area contributed by atoms with Crippen molar-refractivity contribution in [1.29, 1.82) is 0 Å². The number of aromatic nitrogens is 3. The van der Waals surface area contributed by atoms with E-state index in [0.717, 1.165) is 19.3 Å². The third-order valence-corrected chi connectivity index (χ3v) is 5.84. The molecule has 2 N–H and O–H groups in total. The highest BCUT2D eigenvalue weighted by molar-refractivity contribution is 7.96. The van der Waals surface area contributed by atoms with Gasteiger partial charge in [0.15, 0.2) is 0 Å². The van der Waals surface area contributed by atoms with Crippen LogP contribution < -0.4 is 4.74 Å². The molecule has 1 aliphatic carbocycles. The number of carbonyl (C=O) groups is 1. The van der Waals surface area contributed by atoms with Gasteiger partial charge in [-0.15, -0.1) is 5.10 Å². The molecule has 1 aliphatic rings. The number of hydrogen-bond donors (Lipinski definition) is 2. The number of ether oxygens (including phenoxy) is 1. The summed E-state index contributed by atoms with van der Waals surface area (Å²) < 4.78 is 30.1. The maximum Gasteiger partial charge on any atom is 0.362 e. The Kier molecular flexibility index (Phi) is 5.23. The SMILES string of the molecule is O=C(O)c1nn[nH]c1Oc1cccc(C#CS(=O)(=O)C2CCCCC2)c1. The predicted molar refractivity (Wildman–Crippen MR) is 92.5 cm³/mol. The number of rotatable bonds is 4. The summed E-state index contributed by atoms with van der Waals surface area (Å²) >= 11 is 0. The summed E-state index contributed by atoms with van der Waals surface area (Å²) in [7, 11) is -3.47. The van der Waals surface area contributed by atoms with Crippen LogP contribution >= 0.6 is 0 Å². The quantitative estimate of drug-likeness (QED) is 0.786. The van der Waals surface area contributed by atoms with Crippen molar-refractivity contribution in [2.45, 2.75) is 37.4 Å². The van der Waals surface area contributed by atoms with Crippen LogP contribution in [0.1, 0.15) is 48.2 Å². The number of nitrogens with zero attached hydrogens (tertiary/aromatic N) is 2. The third-order valence-electron chi connectivity index (χ3n) is 4.10. The van der Waals surface area contributed by atoms with Crippen LogP contribution in [0, 0.1) is 11.2 Å². The number of hydrogen-bond acceptors (Lipinski definition) is 6. The standard InChI is InChI=1S/C17H17N3O5S/c21-17(22)15-16(19-20-18-15)25-13-6-4-5-12(11-13)9-10-26(23,24)14-7-2-1-3-8-14/h4-6,11,14H,1-3,7-8H2,(H,21,22)(H,18,19,20). The zero-order chi connectivity index (χ0) is 18.6. The van der Waals surface area contributed by atoms with Crippen LogP contribution in [-0.2, 0) is 9.84 Å². The number of carboxylic acid groups (broad SMARTS) is 1. The van der Waals surface area contributed by atoms with Crippen molar-refractivity contribution in [3.63, 3.8) is 0 Å². The molecule has 8 nitrogen and oxygen atoms in total. The molecule has 0 bridgehead atoms. The largest absolute Gasteiger partial charge is 0.476 e. The van der Waals surface area contributed by atoms with Crippen molar-refractivity contribution in [2.75, 3.05) is 0 Å². The first-order valence-corrected chi connectivity index (χ1v) is 9.69. The van der Waals surface area contributed by atoms with Gasteiger partial charge < -0.3 is 9.84 Å². The van der Waals surface area contributed by atoms with Gasteiger partial charge in [-0.05, 0) is 37.0 Å². The summed E-state index contributed by atoms with van der Waals surface area (Å²) in [4.78, 5) is 11.0. The topological polar surface area (TPSA) is 122 Å². The molecule has 2 aromatic rings. The Bertz CT molecular complexity index is 966. The minimum atomic E-state index is -3.47. The molecule has 0 spiro atoms. The first-order chi connectivity index (χ1) is 12.5. The van der Waals surface area contributed by atoms with Crippen molar-refractivity contribution >= 4 is 15.8 Å². The molecule has 0 amide bonds. The molecular weight excluding hydrogens is 358 g/mol. The van der Waals surface area contributed by atoms with Crippen molar-refractivity contribution in [1.82, 2.24) is 15.4 Å². The van der Waals surface area contributed by atoms with Crippen molar-refractivity contribution in [2.24, 2.45) is 0 Å². The van der Waals surface area contributed by atoms with Crippen LogP contribution in [-0.4, -0.2) is 40.2 Å². The average molecular weight is 375 g/mol. The van der Waals surface area contributed by atoms with Crippen LogP contribution in [0.15, 0.2) is 24.3 Å². The van der Waals surface area contributed by atoms with E-state index >= 15 is 0 Å². The summed E-state index contributed by atoms with van der Waals surface area (Å²) in [6.07, 6.45) is 4.22. The highest BCUT2D eigenvalue weighted by Gasteiger charge is 2.25. The van der Waals surface area contributed by atoms with Crippen LogP contribution in [0.3, 0.4) is 0 Å². The number of H-pyrrole nitrogens is 1. The smallest absolute Gasteiger partial charge is 0.362 e. The zero-order valence-electron chi connectivity index (χ0n) is 13.8. The van der Waals surface area contributed by atoms with E-state index in [4.69, 9.17) is 9.84 Å². The number of aromatic carboxylic acids is 1. The molecule has 136 valence electrons. The number of nitrogens with one attached hydrogen (secondary N) is 1. The van der Waals surface area contributed by atoms with E-state index in [1.807, 2.05) is 0 Å².